The van der Waals surface area contributed by atoms with Crippen molar-refractivity contribution in [3.8, 4) is 11.1 Å². The molecule has 0 radical (unpaired) electrons. The number of piperazine rings is 1. The summed E-state index contributed by atoms with van der Waals surface area (Å²) >= 11 is 0. The summed E-state index contributed by atoms with van der Waals surface area (Å²) in [5.41, 5.74) is 3.91. The average molecular weight is 682 g/mol. The first-order valence-electron chi connectivity index (χ1n) is 16.2. The van der Waals surface area contributed by atoms with Gasteiger partial charge in [0.05, 0.1) is 5.69 Å². The predicted molar refractivity (Wildman–Crippen MR) is 189 cm³/mol. The third-order valence-corrected chi connectivity index (χ3v) is 8.16. The standard InChI is InChI=1S/C34H36FN5O2.C4H4O4/c1-3-38(4-2)34(42)32(25-11-6-5-7-12-25)40-21-19-39(20-22-40)31-17-16-27(23-30(31)35)37-33(41)29-15-9-8-14-28(29)26-13-10-18-36-24-26;5-3(6)1-2-4(7)8/h5-18,23-24,32H,3-4,19-22H2,1-2H3,(H,37,41);1-2H,(H,5,6)(H,7,8)/b;2-1-. The Morgan fingerprint density at radius 3 is 2.08 bits per heavy atom. The number of likely N-dealkylation sites (N-methyl/N-ethyl adjacent to an activating group) is 1. The van der Waals surface area contributed by atoms with E-state index in [0.717, 1.165) is 16.7 Å². The van der Waals surface area contributed by atoms with E-state index in [2.05, 4.69) is 15.2 Å². The predicted octanol–water partition coefficient (Wildman–Crippen LogP) is 5.58. The highest BCUT2D eigenvalue weighted by atomic mass is 19.1. The molecule has 260 valence electrons. The Morgan fingerprint density at radius 2 is 1.50 bits per heavy atom. The Labute approximate surface area is 290 Å². The average Bonchev–Trinajstić information content (AvgIpc) is 3.13. The zero-order valence-electron chi connectivity index (χ0n) is 27.9. The van der Waals surface area contributed by atoms with Gasteiger partial charge in [-0.15, -0.1) is 0 Å². The van der Waals surface area contributed by atoms with Gasteiger partial charge in [0, 0.05) is 80.6 Å². The fourth-order valence-electron chi connectivity index (χ4n) is 5.71. The molecule has 2 amide bonds. The summed E-state index contributed by atoms with van der Waals surface area (Å²) in [6, 6.07) is 25.3. The van der Waals surface area contributed by atoms with Crippen LogP contribution in [0.4, 0.5) is 15.8 Å². The largest absolute Gasteiger partial charge is 0.478 e. The molecular weight excluding hydrogens is 641 g/mol. The van der Waals surface area contributed by atoms with Gasteiger partial charge in [-0.05, 0) is 55.3 Å². The van der Waals surface area contributed by atoms with E-state index in [-0.39, 0.29) is 17.9 Å². The number of aromatic nitrogens is 1. The molecular formula is C38H40FN5O6. The van der Waals surface area contributed by atoms with Crippen molar-refractivity contribution in [3.63, 3.8) is 0 Å². The number of anilines is 2. The number of carbonyl (C=O) groups excluding carboxylic acids is 2. The van der Waals surface area contributed by atoms with E-state index >= 15 is 4.39 Å². The zero-order valence-corrected chi connectivity index (χ0v) is 27.9. The first kappa shape index (κ1) is 36.9. The first-order valence-corrected chi connectivity index (χ1v) is 16.2. The number of carboxylic acid groups (broad SMARTS) is 2. The molecule has 0 bridgehead atoms. The topological polar surface area (TPSA) is 143 Å². The van der Waals surface area contributed by atoms with Gasteiger partial charge in [0.1, 0.15) is 11.9 Å². The van der Waals surface area contributed by atoms with Crippen LogP contribution in [0.1, 0.15) is 35.8 Å². The lowest BCUT2D eigenvalue weighted by atomic mass is 10.0. The summed E-state index contributed by atoms with van der Waals surface area (Å²) in [6.07, 6.45) is 4.51. The Kier molecular flexibility index (Phi) is 13.3. The summed E-state index contributed by atoms with van der Waals surface area (Å²) in [5.74, 6) is -3.14. The van der Waals surface area contributed by atoms with Crippen LogP contribution in [0.3, 0.4) is 0 Å². The molecule has 12 heteroatoms. The lowest BCUT2D eigenvalue weighted by Gasteiger charge is -2.41. The van der Waals surface area contributed by atoms with Crippen molar-refractivity contribution in [1.82, 2.24) is 14.8 Å². The molecule has 11 nitrogen and oxygen atoms in total. The van der Waals surface area contributed by atoms with Crippen molar-refractivity contribution < 1.29 is 33.8 Å². The van der Waals surface area contributed by atoms with Crippen molar-refractivity contribution in [3.05, 3.63) is 126 Å². The molecule has 1 saturated heterocycles. The van der Waals surface area contributed by atoms with Gasteiger partial charge in [-0.25, -0.2) is 14.0 Å². The molecule has 0 aliphatic carbocycles. The van der Waals surface area contributed by atoms with Crippen LogP contribution in [0.25, 0.3) is 11.1 Å². The van der Waals surface area contributed by atoms with Crippen molar-refractivity contribution >= 4 is 35.1 Å². The summed E-state index contributed by atoms with van der Waals surface area (Å²) < 4.78 is 15.4. The highest BCUT2D eigenvalue weighted by Crippen LogP contribution is 2.29. The van der Waals surface area contributed by atoms with Gasteiger partial charge in [0.2, 0.25) is 5.91 Å². The number of nitrogens with zero attached hydrogens (tertiary/aromatic N) is 4. The highest BCUT2D eigenvalue weighted by molar-refractivity contribution is 6.08. The quantitative estimate of drug-likeness (QED) is 0.173. The third-order valence-electron chi connectivity index (χ3n) is 8.16. The zero-order chi connectivity index (χ0) is 36.0. The number of pyridine rings is 1. The van der Waals surface area contributed by atoms with Gasteiger partial charge in [-0.1, -0.05) is 54.6 Å². The van der Waals surface area contributed by atoms with Gasteiger partial charge >= 0.3 is 11.9 Å². The fourth-order valence-corrected chi connectivity index (χ4v) is 5.71. The van der Waals surface area contributed by atoms with E-state index in [9.17, 15) is 19.2 Å². The van der Waals surface area contributed by atoms with Crippen LogP contribution in [0.2, 0.25) is 0 Å². The Morgan fingerprint density at radius 1 is 0.860 bits per heavy atom. The van der Waals surface area contributed by atoms with Crippen molar-refractivity contribution in [2.24, 2.45) is 0 Å². The molecule has 0 saturated carbocycles. The van der Waals surface area contributed by atoms with E-state index < -0.39 is 17.8 Å². The van der Waals surface area contributed by atoms with Crippen LogP contribution in [-0.2, 0) is 14.4 Å². The molecule has 5 rings (SSSR count). The molecule has 1 fully saturated rings. The molecule has 4 aromatic rings. The van der Waals surface area contributed by atoms with Gasteiger partial charge in [0.15, 0.2) is 0 Å². The molecule has 1 aliphatic rings. The summed E-state index contributed by atoms with van der Waals surface area (Å²) in [5, 5.41) is 18.5. The van der Waals surface area contributed by atoms with Gasteiger partial charge in [-0.3, -0.25) is 19.5 Å². The maximum Gasteiger partial charge on any atom is 0.328 e. The maximum atomic E-state index is 15.4. The Bertz CT molecular complexity index is 1780. The first-order chi connectivity index (χ1) is 24.1. The number of halogens is 1. The minimum absolute atomic E-state index is 0.0935. The number of nitrogens with one attached hydrogen (secondary N) is 1. The fraction of sp³-hybridized carbons (Fsp3) is 0.237. The highest BCUT2D eigenvalue weighted by Gasteiger charge is 2.33. The van der Waals surface area contributed by atoms with Crippen LogP contribution in [0.5, 0.6) is 0 Å². The number of hydrogen-bond acceptors (Lipinski definition) is 7. The van der Waals surface area contributed by atoms with Crippen LogP contribution in [0.15, 0.2) is 109 Å². The van der Waals surface area contributed by atoms with Gasteiger partial charge in [0.25, 0.3) is 5.91 Å². The molecule has 1 aliphatic heterocycles. The molecule has 1 atom stereocenters. The molecule has 2 heterocycles. The minimum Gasteiger partial charge on any atom is -0.478 e. The van der Waals surface area contributed by atoms with Gasteiger partial charge < -0.3 is 25.3 Å². The smallest absolute Gasteiger partial charge is 0.328 e. The summed E-state index contributed by atoms with van der Waals surface area (Å²) in [4.78, 5) is 56.0. The van der Waals surface area contributed by atoms with Crippen molar-refractivity contribution in [2.45, 2.75) is 19.9 Å². The molecule has 3 N–H and O–H groups in total. The second-order valence-corrected chi connectivity index (χ2v) is 11.3. The second kappa shape index (κ2) is 18.0. The lowest BCUT2D eigenvalue weighted by molar-refractivity contribution is -0.137. The number of carboxylic acids is 2. The van der Waals surface area contributed by atoms with Crippen LogP contribution < -0.4 is 10.2 Å². The third kappa shape index (κ3) is 9.83. The number of aliphatic carboxylic acids is 2. The SMILES string of the molecule is CCN(CC)C(=O)C(c1ccccc1)N1CCN(c2ccc(NC(=O)c3ccccc3-c3cccnc3)cc2F)CC1.O=C(O)/C=C\C(=O)O. The van der Waals surface area contributed by atoms with E-state index in [0.29, 0.717) is 68.4 Å². The Hall–Kier alpha value is -5.88. The van der Waals surface area contributed by atoms with Crippen LogP contribution in [0, 0.1) is 5.82 Å². The normalized spacial score (nSPS) is 13.5. The van der Waals surface area contributed by atoms with Crippen LogP contribution >= 0.6 is 0 Å². The number of hydrogen-bond donors (Lipinski definition) is 3. The number of rotatable bonds is 11. The number of carbonyl (C=O) groups is 4. The number of benzene rings is 3. The minimum atomic E-state index is -1.26. The summed E-state index contributed by atoms with van der Waals surface area (Å²) in [7, 11) is 0. The van der Waals surface area contributed by atoms with E-state index in [1.54, 1.807) is 36.7 Å². The van der Waals surface area contributed by atoms with Gasteiger partial charge in [-0.2, -0.15) is 0 Å². The van der Waals surface area contributed by atoms with E-state index in [1.165, 1.54) is 6.07 Å². The molecule has 3 aromatic carbocycles. The van der Waals surface area contributed by atoms with Crippen molar-refractivity contribution in [2.75, 3.05) is 49.5 Å². The molecule has 1 aromatic heterocycles. The monoisotopic (exact) mass is 681 g/mol. The Balaban J connectivity index is 0.000000627. The molecule has 1 unspecified atom stereocenters. The second-order valence-electron chi connectivity index (χ2n) is 11.3. The van der Waals surface area contributed by atoms with Crippen LogP contribution in [-0.4, -0.2) is 88.0 Å². The summed E-state index contributed by atoms with van der Waals surface area (Å²) in [6.45, 7) is 7.70. The van der Waals surface area contributed by atoms with E-state index in [1.807, 2.05) is 78.2 Å². The molecule has 0 spiro atoms. The van der Waals surface area contributed by atoms with E-state index in [4.69, 9.17) is 10.2 Å². The van der Waals surface area contributed by atoms with Crippen molar-refractivity contribution in [1.29, 1.82) is 0 Å². The molecule has 50 heavy (non-hydrogen) atoms. The number of amides is 2. The maximum absolute atomic E-state index is 15.4. The lowest BCUT2D eigenvalue weighted by Crippen LogP contribution is -2.51.